The summed E-state index contributed by atoms with van der Waals surface area (Å²) in [6.45, 7) is 4.66. The molecule has 0 radical (unpaired) electrons. The number of anilines is 1. The second-order valence-electron chi connectivity index (χ2n) is 3.98. The molecule has 7 heteroatoms. The molecule has 1 rings (SSSR count). The van der Waals surface area contributed by atoms with E-state index in [0.29, 0.717) is 31.1 Å². The van der Waals surface area contributed by atoms with Crippen LogP contribution in [0, 0.1) is 6.92 Å². The van der Waals surface area contributed by atoms with Gasteiger partial charge in [0.05, 0.1) is 24.2 Å². The lowest BCUT2D eigenvalue weighted by atomic mass is 10.2. The number of rotatable bonds is 5. The summed E-state index contributed by atoms with van der Waals surface area (Å²) in [7, 11) is 3.74. The SMILES string of the molecule is CCn1c(N(C)C)nc(C)c(CCOCl)c1=O.Cl. The van der Waals surface area contributed by atoms with Crippen molar-refractivity contribution in [2.45, 2.75) is 26.8 Å². The minimum absolute atomic E-state index is 0. The third-order valence-corrected chi connectivity index (χ3v) is 2.75. The maximum Gasteiger partial charge on any atom is 0.258 e. The molecular weight excluding hydrogens is 277 g/mol. The standard InChI is InChI=1S/C11H18ClN3O2.ClH/c1-5-15-10(16)9(6-7-17-12)8(2)13-11(15)14(3)4;/h5-7H2,1-4H3;1H. The molecule has 0 spiro atoms. The van der Waals surface area contributed by atoms with E-state index in [1.165, 1.54) is 0 Å². The largest absolute Gasteiger partial charge is 0.348 e. The molecule has 0 saturated heterocycles. The lowest BCUT2D eigenvalue weighted by molar-refractivity contribution is 0.355. The van der Waals surface area contributed by atoms with Crippen molar-refractivity contribution in [2.75, 3.05) is 25.6 Å². The molecule has 1 heterocycles. The van der Waals surface area contributed by atoms with Crippen LogP contribution in [0.1, 0.15) is 18.2 Å². The first-order chi connectivity index (χ1) is 8.02. The normalized spacial score (nSPS) is 10.1. The van der Waals surface area contributed by atoms with Crippen molar-refractivity contribution in [3.05, 3.63) is 21.6 Å². The summed E-state index contributed by atoms with van der Waals surface area (Å²) in [5.41, 5.74) is 1.38. The molecule has 1 aromatic rings. The van der Waals surface area contributed by atoms with Crippen LogP contribution in [-0.4, -0.2) is 30.3 Å². The van der Waals surface area contributed by atoms with Crippen LogP contribution in [0.5, 0.6) is 0 Å². The van der Waals surface area contributed by atoms with Crippen LogP contribution in [-0.2, 0) is 17.3 Å². The monoisotopic (exact) mass is 295 g/mol. The summed E-state index contributed by atoms with van der Waals surface area (Å²) < 4.78 is 6.14. The van der Waals surface area contributed by atoms with Crippen molar-refractivity contribution < 1.29 is 4.29 Å². The van der Waals surface area contributed by atoms with E-state index < -0.39 is 0 Å². The molecule has 104 valence electrons. The highest BCUT2D eigenvalue weighted by Gasteiger charge is 2.14. The van der Waals surface area contributed by atoms with E-state index in [9.17, 15) is 4.79 Å². The number of hydrogen-bond donors (Lipinski definition) is 0. The number of halogens is 2. The van der Waals surface area contributed by atoms with Crippen LogP contribution >= 0.6 is 24.3 Å². The fourth-order valence-corrected chi connectivity index (χ4v) is 1.82. The second kappa shape index (κ2) is 7.61. The third kappa shape index (κ3) is 3.60. The van der Waals surface area contributed by atoms with E-state index in [-0.39, 0.29) is 18.0 Å². The Morgan fingerprint density at radius 3 is 2.50 bits per heavy atom. The van der Waals surface area contributed by atoms with Gasteiger partial charge in [0.25, 0.3) is 5.56 Å². The molecule has 0 N–H and O–H groups in total. The predicted molar refractivity (Wildman–Crippen MR) is 76.0 cm³/mol. The molecule has 5 nitrogen and oxygen atoms in total. The lowest BCUT2D eigenvalue weighted by Gasteiger charge is -2.19. The zero-order valence-corrected chi connectivity index (χ0v) is 12.6. The van der Waals surface area contributed by atoms with Crippen LogP contribution in [0.4, 0.5) is 5.95 Å². The van der Waals surface area contributed by atoms with Gasteiger partial charge in [0.2, 0.25) is 5.95 Å². The zero-order valence-electron chi connectivity index (χ0n) is 11.1. The molecule has 0 aromatic carbocycles. The van der Waals surface area contributed by atoms with Gasteiger partial charge in [0.15, 0.2) is 0 Å². The minimum Gasteiger partial charge on any atom is -0.348 e. The highest BCUT2D eigenvalue weighted by Crippen LogP contribution is 2.10. The Balaban J connectivity index is 0.00000289. The number of aromatic nitrogens is 2. The second-order valence-corrected chi connectivity index (χ2v) is 4.20. The molecule has 0 bridgehead atoms. The van der Waals surface area contributed by atoms with Gasteiger partial charge in [-0.2, -0.15) is 0 Å². The first kappa shape index (κ1) is 17.2. The predicted octanol–water partition coefficient (Wildman–Crippen LogP) is 1.77. The Labute approximate surface area is 118 Å². The van der Waals surface area contributed by atoms with Crippen molar-refractivity contribution in [3.63, 3.8) is 0 Å². The van der Waals surface area contributed by atoms with Crippen molar-refractivity contribution >= 4 is 30.2 Å². The maximum atomic E-state index is 12.2. The van der Waals surface area contributed by atoms with Crippen LogP contribution in [0.2, 0.25) is 0 Å². The molecule has 0 saturated carbocycles. The highest BCUT2D eigenvalue weighted by atomic mass is 35.5. The van der Waals surface area contributed by atoms with E-state index >= 15 is 0 Å². The molecular formula is C11H19Cl2N3O2. The summed E-state index contributed by atoms with van der Waals surface area (Å²) >= 11 is 5.17. The minimum atomic E-state index is -0.0163. The van der Waals surface area contributed by atoms with Gasteiger partial charge in [-0.15, -0.1) is 12.4 Å². The summed E-state index contributed by atoms with van der Waals surface area (Å²) in [5.74, 6) is 0.672. The van der Waals surface area contributed by atoms with Gasteiger partial charge in [0, 0.05) is 32.6 Å². The molecule has 1 aromatic heterocycles. The zero-order chi connectivity index (χ0) is 13.0. The third-order valence-electron chi connectivity index (χ3n) is 2.59. The molecule has 0 aliphatic heterocycles. The van der Waals surface area contributed by atoms with Gasteiger partial charge in [-0.1, -0.05) is 0 Å². The summed E-state index contributed by atoms with van der Waals surface area (Å²) in [6.07, 6.45) is 0.481. The van der Waals surface area contributed by atoms with E-state index in [1.807, 2.05) is 32.8 Å². The van der Waals surface area contributed by atoms with Gasteiger partial charge in [-0.05, 0) is 13.8 Å². The molecule has 0 fully saturated rings. The molecule has 0 amide bonds. The summed E-state index contributed by atoms with van der Waals surface area (Å²) in [5, 5.41) is 0. The van der Waals surface area contributed by atoms with Crippen LogP contribution < -0.4 is 10.5 Å². The molecule has 0 aliphatic carbocycles. The average Bonchev–Trinajstić information content (AvgIpc) is 2.28. The van der Waals surface area contributed by atoms with Crippen molar-refractivity contribution in [2.24, 2.45) is 0 Å². The van der Waals surface area contributed by atoms with Gasteiger partial charge < -0.3 is 4.90 Å². The first-order valence-electron chi connectivity index (χ1n) is 5.54. The molecule has 0 unspecified atom stereocenters. The molecule has 0 aliphatic rings. The molecule has 0 atom stereocenters. The first-order valence-corrected chi connectivity index (χ1v) is 5.85. The van der Waals surface area contributed by atoms with Crippen LogP contribution in [0.25, 0.3) is 0 Å². The van der Waals surface area contributed by atoms with Crippen LogP contribution in [0.3, 0.4) is 0 Å². The Morgan fingerprint density at radius 2 is 2.06 bits per heavy atom. The lowest BCUT2D eigenvalue weighted by Crippen LogP contribution is -2.31. The Morgan fingerprint density at radius 1 is 1.44 bits per heavy atom. The van der Waals surface area contributed by atoms with Crippen molar-refractivity contribution in [1.82, 2.24) is 9.55 Å². The molecule has 18 heavy (non-hydrogen) atoms. The van der Waals surface area contributed by atoms with E-state index in [0.717, 1.165) is 5.69 Å². The maximum absolute atomic E-state index is 12.2. The van der Waals surface area contributed by atoms with Crippen LogP contribution in [0.15, 0.2) is 4.79 Å². The van der Waals surface area contributed by atoms with Gasteiger partial charge in [0.1, 0.15) is 0 Å². The smallest absolute Gasteiger partial charge is 0.258 e. The summed E-state index contributed by atoms with van der Waals surface area (Å²) in [6, 6.07) is 0. The average molecular weight is 296 g/mol. The fourth-order valence-electron chi connectivity index (χ4n) is 1.74. The number of nitrogens with zero attached hydrogens (tertiary/aromatic N) is 3. The van der Waals surface area contributed by atoms with Gasteiger partial charge in [-0.25, -0.2) is 4.98 Å². The van der Waals surface area contributed by atoms with Crippen molar-refractivity contribution in [1.29, 1.82) is 0 Å². The number of hydrogen-bond acceptors (Lipinski definition) is 4. The fraction of sp³-hybridized carbons (Fsp3) is 0.636. The van der Waals surface area contributed by atoms with Gasteiger partial charge >= 0.3 is 0 Å². The number of aryl methyl sites for hydroxylation is 1. The quantitative estimate of drug-likeness (QED) is 0.831. The van der Waals surface area contributed by atoms with Crippen molar-refractivity contribution in [3.8, 4) is 0 Å². The Bertz CT molecular complexity index is 447. The van der Waals surface area contributed by atoms with E-state index in [4.69, 9.17) is 11.9 Å². The van der Waals surface area contributed by atoms with E-state index in [2.05, 4.69) is 9.27 Å². The van der Waals surface area contributed by atoms with E-state index in [1.54, 1.807) is 4.57 Å². The topological polar surface area (TPSA) is 47.4 Å². The summed E-state index contributed by atoms with van der Waals surface area (Å²) in [4.78, 5) is 18.5. The Hall–Kier alpha value is -0.780. The highest BCUT2D eigenvalue weighted by molar-refractivity contribution is 6.07. The Kier molecular flexibility index (Phi) is 7.28. The van der Waals surface area contributed by atoms with Gasteiger partial charge in [-0.3, -0.25) is 13.7 Å².